The van der Waals surface area contributed by atoms with Crippen molar-refractivity contribution in [1.29, 1.82) is 0 Å². The molecule has 25 heavy (non-hydrogen) atoms. The lowest BCUT2D eigenvalue weighted by atomic mass is 9.98. The number of ketones is 1. The van der Waals surface area contributed by atoms with Gasteiger partial charge in [-0.3, -0.25) is 4.79 Å². The van der Waals surface area contributed by atoms with E-state index in [1.165, 1.54) is 24.3 Å². The minimum absolute atomic E-state index is 0.0592. The van der Waals surface area contributed by atoms with Crippen LogP contribution in [-0.2, 0) is 9.47 Å². The first-order valence-corrected chi connectivity index (χ1v) is 8.24. The maximum Gasteiger partial charge on any atom is 0.338 e. The number of rotatable bonds is 5. The number of hydrogen-bond donors (Lipinski definition) is 0. The van der Waals surface area contributed by atoms with Gasteiger partial charge in [-0.15, -0.1) is 0 Å². The zero-order valence-electron chi connectivity index (χ0n) is 13.9. The summed E-state index contributed by atoms with van der Waals surface area (Å²) in [4.78, 5) is 25.1. The number of halogens is 1. The molecule has 0 aliphatic carbocycles. The van der Waals surface area contributed by atoms with E-state index in [4.69, 9.17) is 9.47 Å². The standard InChI is InChI=1S/C20H19FO4/c1-13-15(10-11-24-13)12-25-20(23)18-5-3-2-4-17(18)19(22)14-6-8-16(21)9-7-14/h2-9,13,15H,10-12H2,1H3/t13-,15+/m1/s1. The molecule has 5 heteroatoms. The number of carbonyl (C=O) groups is 2. The van der Waals surface area contributed by atoms with E-state index in [0.717, 1.165) is 6.42 Å². The molecule has 1 heterocycles. The van der Waals surface area contributed by atoms with Gasteiger partial charge in [-0.05, 0) is 43.7 Å². The van der Waals surface area contributed by atoms with Crippen molar-refractivity contribution >= 4 is 11.8 Å². The van der Waals surface area contributed by atoms with Crippen molar-refractivity contribution in [3.8, 4) is 0 Å². The second-order valence-corrected chi connectivity index (χ2v) is 6.10. The van der Waals surface area contributed by atoms with E-state index in [1.807, 2.05) is 6.92 Å². The van der Waals surface area contributed by atoms with Crippen LogP contribution >= 0.6 is 0 Å². The molecule has 130 valence electrons. The summed E-state index contributed by atoms with van der Waals surface area (Å²) in [5.41, 5.74) is 0.776. The highest BCUT2D eigenvalue weighted by molar-refractivity contribution is 6.14. The predicted octanol–water partition coefficient (Wildman–Crippen LogP) is 3.64. The molecule has 0 unspecified atom stereocenters. The van der Waals surface area contributed by atoms with Crippen LogP contribution in [0.25, 0.3) is 0 Å². The van der Waals surface area contributed by atoms with Crippen LogP contribution in [0.1, 0.15) is 39.6 Å². The molecule has 0 spiro atoms. The van der Waals surface area contributed by atoms with Gasteiger partial charge in [0.1, 0.15) is 5.82 Å². The van der Waals surface area contributed by atoms with Crippen LogP contribution in [0, 0.1) is 11.7 Å². The highest BCUT2D eigenvalue weighted by Crippen LogP contribution is 2.22. The molecule has 2 atom stereocenters. The maximum atomic E-state index is 13.0. The van der Waals surface area contributed by atoms with Gasteiger partial charge >= 0.3 is 5.97 Å². The first-order chi connectivity index (χ1) is 12.1. The lowest BCUT2D eigenvalue weighted by Gasteiger charge is -2.15. The Morgan fingerprint density at radius 1 is 1.12 bits per heavy atom. The van der Waals surface area contributed by atoms with Crippen LogP contribution in [0.4, 0.5) is 4.39 Å². The van der Waals surface area contributed by atoms with Crippen molar-refractivity contribution < 1.29 is 23.5 Å². The Labute approximate surface area is 145 Å². The van der Waals surface area contributed by atoms with Gasteiger partial charge in [-0.1, -0.05) is 18.2 Å². The minimum Gasteiger partial charge on any atom is -0.462 e. The third-order valence-corrected chi connectivity index (χ3v) is 4.46. The molecule has 4 nitrogen and oxygen atoms in total. The van der Waals surface area contributed by atoms with Gasteiger partial charge in [0.05, 0.1) is 18.3 Å². The molecule has 3 rings (SSSR count). The number of benzene rings is 2. The highest BCUT2D eigenvalue weighted by atomic mass is 19.1. The van der Waals surface area contributed by atoms with Crippen LogP contribution in [0.2, 0.25) is 0 Å². The van der Waals surface area contributed by atoms with E-state index in [2.05, 4.69) is 0 Å². The topological polar surface area (TPSA) is 52.6 Å². The van der Waals surface area contributed by atoms with Crippen molar-refractivity contribution in [2.75, 3.05) is 13.2 Å². The summed E-state index contributed by atoms with van der Waals surface area (Å²) in [7, 11) is 0. The minimum atomic E-state index is -0.537. The lowest BCUT2D eigenvalue weighted by molar-refractivity contribution is 0.0342. The highest BCUT2D eigenvalue weighted by Gasteiger charge is 2.26. The van der Waals surface area contributed by atoms with Crippen LogP contribution in [0.15, 0.2) is 48.5 Å². The number of esters is 1. The summed E-state index contributed by atoms with van der Waals surface area (Å²) in [5.74, 6) is -1.13. The molecular formula is C20H19FO4. The zero-order chi connectivity index (χ0) is 17.8. The van der Waals surface area contributed by atoms with Crippen LogP contribution in [-0.4, -0.2) is 31.1 Å². The fourth-order valence-corrected chi connectivity index (χ4v) is 2.87. The molecule has 1 fully saturated rings. The van der Waals surface area contributed by atoms with Gasteiger partial charge in [0.2, 0.25) is 0 Å². The first kappa shape index (κ1) is 17.3. The molecule has 0 radical (unpaired) electrons. The molecule has 1 aliphatic heterocycles. The van der Waals surface area contributed by atoms with Crippen LogP contribution in [0.5, 0.6) is 0 Å². The molecule has 1 aliphatic rings. The molecule has 0 N–H and O–H groups in total. The normalized spacial score (nSPS) is 19.6. The number of hydrogen-bond acceptors (Lipinski definition) is 4. The number of carbonyl (C=O) groups excluding carboxylic acids is 2. The van der Waals surface area contributed by atoms with Crippen molar-refractivity contribution in [2.45, 2.75) is 19.4 Å². The van der Waals surface area contributed by atoms with Gasteiger partial charge in [0.15, 0.2) is 5.78 Å². The smallest absolute Gasteiger partial charge is 0.338 e. The summed E-state index contributed by atoms with van der Waals surface area (Å²) in [6.07, 6.45) is 0.911. The largest absolute Gasteiger partial charge is 0.462 e. The summed E-state index contributed by atoms with van der Waals surface area (Å²) in [6.45, 7) is 2.89. The van der Waals surface area contributed by atoms with Gasteiger partial charge in [0.25, 0.3) is 0 Å². The summed E-state index contributed by atoms with van der Waals surface area (Å²) in [5, 5.41) is 0. The van der Waals surface area contributed by atoms with E-state index in [9.17, 15) is 14.0 Å². The SMILES string of the molecule is C[C@H]1OCC[C@H]1COC(=O)c1ccccc1C(=O)c1ccc(F)cc1. The van der Waals surface area contributed by atoms with Crippen molar-refractivity contribution in [3.05, 3.63) is 71.0 Å². The lowest BCUT2D eigenvalue weighted by Crippen LogP contribution is -2.21. The molecule has 0 bridgehead atoms. The molecule has 0 aromatic heterocycles. The van der Waals surface area contributed by atoms with E-state index in [-0.39, 0.29) is 35.5 Å². The molecule has 2 aromatic carbocycles. The van der Waals surface area contributed by atoms with Gasteiger partial charge in [-0.25, -0.2) is 9.18 Å². The Bertz CT molecular complexity index is 770. The van der Waals surface area contributed by atoms with E-state index >= 15 is 0 Å². The van der Waals surface area contributed by atoms with E-state index < -0.39 is 11.8 Å². The van der Waals surface area contributed by atoms with E-state index in [1.54, 1.807) is 24.3 Å². The summed E-state index contributed by atoms with van der Waals surface area (Å²) >= 11 is 0. The average molecular weight is 342 g/mol. The van der Waals surface area contributed by atoms with Crippen molar-refractivity contribution in [3.63, 3.8) is 0 Å². The second-order valence-electron chi connectivity index (χ2n) is 6.10. The van der Waals surface area contributed by atoms with E-state index in [0.29, 0.717) is 12.2 Å². The van der Waals surface area contributed by atoms with Gasteiger partial charge in [-0.2, -0.15) is 0 Å². The van der Waals surface area contributed by atoms with Crippen LogP contribution in [0.3, 0.4) is 0 Å². The molecular weight excluding hydrogens is 323 g/mol. The number of ether oxygens (including phenoxy) is 2. The summed E-state index contributed by atoms with van der Waals surface area (Å²) < 4.78 is 23.9. The van der Waals surface area contributed by atoms with Crippen molar-refractivity contribution in [2.24, 2.45) is 5.92 Å². The molecule has 0 amide bonds. The zero-order valence-corrected chi connectivity index (χ0v) is 13.9. The third-order valence-electron chi connectivity index (χ3n) is 4.46. The second kappa shape index (κ2) is 7.57. The Morgan fingerprint density at radius 2 is 1.80 bits per heavy atom. The Balaban J connectivity index is 1.76. The molecule has 2 aromatic rings. The Morgan fingerprint density at radius 3 is 2.44 bits per heavy atom. The quantitative estimate of drug-likeness (QED) is 0.615. The van der Waals surface area contributed by atoms with Gasteiger partial charge in [0, 0.05) is 23.7 Å². The van der Waals surface area contributed by atoms with Crippen LogP contribution < -0.4 is 0 Å². The fraction of sp³-hybridized carbons (Fsp3) is 0.300. The fourth-order valence-electron chi connectivity index (χ4n) is 2.87. The average Bonchev–Trinajstić information content (AvgIpc) is 3.04. The third kappa shape index (κ3) is 3.94. The monoisotopic (exact) mass is 342 g/mol. The predicted molar refractivity (Wildman–Crippen MR) is 90.1 cm³/mol. The summed E-state index contributed by atoms with van der Waals surface area (Å²) in [6, 6.07) is 11.7. The van der Waals surface area contributed by atoms with Gasteiger partial charge < -0.3 is 9.47 Å². The Kier molecular flexibility index (Phi) is 5.24. The van der Waals surface area contributed by atoms with Crippen molar-refractivity contribution in [1.82, 2.24) is 0 Å². The maximum absolute atomic E-state index is 13.0. The Hall–Kier alpha value is -2.53. The molecule has 1 saturated heterocycles. The first-order valence-electron chi connectivity index (χ1n) is 8.24. The molecule has 0 saturated carbocycles.